The molecule has 0 amide bonds. The first-order chi connectivity index (χ1) is 7.04. The number of nitrogens with zero attached hydrogens (tertiary/aromatic N) is 3. The number of hydrogen-bond donors (Lipinski definition) is 0. The van der Waals surface area contributed by atoms with Crippen molar-refractivity contribution in [2.75, 3.05) is 6.26 Å². The first-order valence-electron chi connectivity index (χ1n) is 4.03. The Balaban J connectivity index is 3.78. The Morgan fingerprint density at radius 2 is 1.93 bits per heavy atom. The Kier molecular flexibility index (Phi) is 4.14. The van der Waals surface area contributed by atoms with Crippen molar-refractivity contribution >= 4 is 40.8 Å². The van der Waals surface area contributed by atoms with Crippen LogP contribution in [-0.2, 0) is 14.1 Å². The SMILES string of the molecule is CSc1c(C=NI)c(=O)n(C)c(=O)n1C. The zero-order valence-corrected chi connectivity index (χ0v) is 11.5. The lowest BCUT2D eigenvalue weighted by Crippen LogP contribution is -2.39. The average Bonchev–Trinajstić information content (AvgIpc) is 2.24. The smallest absolute Gasteiger partial charge is 0.290 e. The van der Waals surface area contributed by atoms with Gasteiger partial charge in [-0.3, -0.25) is 13.9 Å². The Morgan fingerprint density at radius 1 is 1.33 bits per heavy atom. The van der Waals surface area contributed by atoms with Gasteiger partial charge < -0.3 is 0 Å². The summed E-state index contributed by atoms with van der Waals surface area (Å²) in [6, 6.07) is 0. The molecule has 0 saturated heterocycles. The highest BCUT2D eigenvalue weighted by atomic mass is 127. The zero-order chi connectivity index (χ0) is 11.6. The molecule has 1 heterocycles. The number of thioether (sulfide) groups is 1. The predicted octanol–water partition coefficient (Wildman–Crippen LogP) is 0.575. The first-order valence-corrected chi connectivity index (χ1v) is 6.21. The third kappa shape index (κ3) is 2.17. The summed E-state index contributed by atoms with van der Waals surface area (Å²) in [7, 11) is 3.09. The number of halogens is 1. The van der Waals surface area contributed by atoms with Crippen molar-refractivity contribution in [2.45, 2.75) is 5.03 Å². The van der Waals surface area contributed by atoms with Gasteiger partial charge in [-0.1, -0.05) is 0 Å². The standard InChI is InChI=1S/C8H10IN3O2S/c1-11-6(13)5(4-10-9)7(15-3)12(2)8(11)14/h4H,1-3H3. The summed E-state index contributed by atoms with van der Waals surface area (Å²) in [5.41, 5.74) is -0.195. The molecule has 0 aliphatic rings. The van der Waals surface area contributed by atoms with Crippen LogP contribution in [0.15, 0.2) is 17.8 Å². The maximum absolute atomic E-state index is 11.8. The molecule has 82 valence electrons. The van der Waals surface area contributed by atoms with Crippen molar-refractivity contribution in [1.29, 1.82) is 0 Å². The van der Waals surface area contributed by atoms with Gasteiger partial charge in [0, 0.05) is 20.3 Å². The van der Waals surface area contributed by atoms with E-state index in [-0.39, 0.29) is 11.2 Å². The van der Waals surface area contributed by atoms with Crippen molar-refractivity contribution in [1.82, 2.24) is 9.13 Å². The largest absolute Gasteiger partial charge is 0.331 e. The molecule has 1 aromatic heterocycles. The molecule has 0 aliphatic heterocycles. The normalized spacial score (nSPS) is 11.2. The second-order valence-corrected chi connectivity index (χ2v) is 4.21. The molecule has 0 atom stereocenters. The molecule has 0 aliphatic carbocycles. The molecule has 0 saturated carbocycles. The Bertz CT molecular complexity index is 518. The van der Waals surface area contributed by atoms with Crippen LogP contribution in [0, 0.1) is 0 Å². The van der Waals surface area contributed by atoms with Crippen LogP contribution in [0.1, 0.15) is 5.56 Å². The van der Waals surface area contributed by atoms with Crippen molar-refractivity contribution < 1.29 is 0 Å². The summed E-state index contributed by atoms with van der Waals surface area (Å²) in [5, 5.41) is 0.628. The lowest BCUT2D eigenvalue weighted by molar-refractivity contribution is 0.634. The van der Waals surface area contributed by atoms with Crippen LogP contribution in [0.3, 0.4) is 0 Å². The van der Waals surface area contributed by atoms with Crippen LogP contribution < -0.4 is 11.2 Å². The van der Waals surface area contributed by atoms with Crippen molar-refractivity contribution in [3.63, 3.8) is 0 Å². The van der Waals surface area contributed by atoms with Gasteiger partial charge in [-0.25, -0.2) is 8.00 Å². The molecule has 0 spiro atoms. The maximum Gasteiger partial charge on any atom is 0.331 e. The van der Waals surface area contributed by atoms with E-state index in [4.69, 9.17) is 0 Å². The Labute approximate surface area is 105 Å². The fraction of sp³-hybridized carbons (Fsp3) is 0.375. The average molecular weight is 339 g/mol. The second-order valence-electron chi connectivity index (χ2n) is 2.86. The van der Waals surface area contributed by atoms with Gasteiger partial charge in [0.2, 0.25) is 0 Å². The van der Waals surface area contributed by atoms with E-state index < -0.39 is 0 Å². The monoisotopic (exact) mass is 339 g/mol. The van der Waals surface area contributed by atoms with Gasteiger partial charge in [-0.15, -0.1) is 11.8 Å². The summed E-state index contributed by atoms with van der Waals surface area (Å²) in [6.45, 7) is 0. The summed E-state index contributed by atoms with van der Waals surface area (Å²) in [6.07, 6.45) is 3.28. The molecular formula is C8H10IN3O2S. The number of rotatable bonds is 2. The number of hydrogen-bond acceptors (Lipinski definition) is 4. The van der Waals surface area contributed by atoms with Crippen LogP contribution in [0.25, 0.3) is 0 Å². The third-order valence-corrected chi connectivity index (χ3v) is 3.17. The van der Waals surface area contributed by atoms with E-state index in [1.165, 1.54) is 29.6 Å². The molecular weight excluding hydrogens is 329 g/mol. The second kappa shape index (κ2) is 4.97. The minimum absolute atomic E-state index is 0.317. The third-order valence-electron chi connectivity index (χ3n) is 2.02. The van der Waals surface area contributed by atoms with Gasteiger partial charge in [0.05, 0.1) is 33.5 Å². The topological polar surface area (TPSA) is 56.4 Å². The van der Waals surface area contributed by atoms with Crippen LogP contribution in [0.2, 0.25) is 0 Å². The Hall–Kier alpha value is -0.570. The molecule has 0 fully saturated rings. The van der Waals surface area contributed by atoms with Gasteiger partial charge >= 0.3 is 5.69 Å². The van der Waals surface area contributed by atoms with Crippen LogP contribution in [0.5, 0.6) is 0 Å². The Morgan fingerprint density at radius 3 is 2.40 bits per heavy atom. The molecule has 15 heavy (non-hydrogen) atoms. The van der Waals surface area contributed by atoms with Crippen LogP contribution >= 0.6 is 34.6 Å². The molecule has 0 unspecified atom stereocenters. The van der Waals surface area contributed by atoms with Crippen LogP contribution in [-0.4, -0.2) is 21.6 Å². The molecule has 1 aromatic rings. The molecule has 5 nitrogen and oxygen atoms in total. The van der Waals surface area contributed by atoms with E-state index >= 15 is 0 Å². The minimum Gasteiger partial charge on any atom is -0.290 e. The van der Waals surface area contributed by atoms with Crippen molar-refractivity contribution in [2.24, 2.45) is 17.3 Å². The van der Waals surface area contributed by atoms with Crippen molar-refractivity contribution in [3.8, 4) is 0 Å². The number of aromatic nitrogens is 2. The molecule has 0 radical (unpaired) electrons. The van der Waals surface area contributed by atoms with E-state index in [0.717, 1.165) is 4.57 Å². The highest BCUT2D eigenvalue weighted by Crippen LogP contribution is 2.13. The fourth-order valence-electron chi connectivity index (χ4n) is 1.26. The molecule has 1 rings (SSSR count). The molecule has 0 aromatic carbocycles. The van der Waals surface area contributed by atoms with Crippen molar-refractivity contribution in [3.05, 3.63) is 26.4 Å². The molecule has 0 N–H and O–H groups in total. The summed E-state index contributed by atoms with van der Waals surface area (Å²) < 4.78 is 6.31. The lowest BCUT2D eigenvalue weighted by atomic mass is 10.3. The van der Waals surface area contributed by atoms with Gasteiger partial charge in [0.25, 0.3) is 5.56 Å². The predicted molar refractivity (Wildman–Crippen MR) is 70.3 cm³/mol. The maximum atomic E-state index is 11.8. The van der Waals surface area contributed by atoms with Gasteiger partial charge in [0.15, 0.2) is 0 Å². The van der Waals surface area contributed by atoms with E-state index in [9.17, 15) is 9.59 Å². The van der Waals surface area contributed by atoms with Crippen LogP contribution in [0.4, 0.5) is 0 Å². The summed E-state index contributed by atoms with van der Waals surface area (Å²) >= 11 is 3.15. The zero-order valence-electron chi connectivity index (χ0n) is 8.52. The fourth-order valence-corrected chi connectivity index (χ4v) is 2.25. The van der Waals surface area contributed by atoms with Gasteiger partial charge in [-0.05, 0) is 6.26 Å². The van der Waals surface area contributed by atoms with E-state index in [0.29, 0.717) is 10.6 Å². The summed E-state index contributed by atoms with van der Waals surface area (Å²) in [4.78, 5) is 23.3. The first kappa shape index (κ1) is 12.5. The van der Waals surface area contributed by atoms with Gasteiger partial charge in [0.1, 0.15) is 0 Å². The van der Waals surface area contributed by atoms with E-state index in [2.05, 4.69) is 3.21 Å². The highest BCUT2D eigenvalue weighted by molar-refractivity contribution is 14.1. The lowest BCUT2D eigenvalue weighted by Gasteiger charge is -2.09. The van der Waals surface area contributed by atoms with Gasteiger partial charge in [-0.2, -0.15) is 0 Å². The minimum atomic E-state index is -0.324. The highest BCUT2D eigenvalue weighted by Gasteiger charge is 2.12. The molecule has 0 bridgehead atoms. The van der Waals surface area contributed by atoms with E-state index in [1.54, 1.807) is 29.9 Å². The van der Waals surface area contributed by atoms with E-state index in [1.807, 2.05) is 6.26 Å². The summed E-state index contributed by atoms with van der Waals surface area (Å²) in [5.74, 6) is 0. The quantitative estimate of drug-likeness (QED) is 0.343. The molecule has 7 heteroatoms.